The highest BCUT2D eigenvalue weighted by atomic mass is 32.2. The van der Waals surface area contributed by atoms with Gasteiger partial charge in [-0.3, -0.25) is 0 Å². The zero-order chi connectivity index (χ0) is 9.31. The first-order valence-corrected chi connectivity index (χ1v) is 7.30. The molecule has 0 saturated carbocycles. The van der Waals surface area contributed by atoms with Crippen molar-refractivity contribution in [3.05, 3.63) is 0 Å². The molecule has 2 fully saturated rings. The minimum absolute atomic E-state index is 0.491. The van der Waals surface area contributed by atoms with Crippen LogP contribution >= 0.6 is 23.5 Å². The van der Waals surface area contributed by atoms with Crippen molar-refractivity contribution in [3.8, 4) is 0 Å². The second kappa shape index (κ2) is 4.03. The van der Waals surface area contributed by atoms with Crippen molar-refractivity contribution in [2.45, 2.75) is 43.5 Å². The first-order valence-electron chi connectivity index (χ1n) is 5.16. The van der Waals surface area contributed by atoms with Crippen LogP contribution in [0.15, 0.2) is 0 Å². The summed E-state index contributed by atoms with van der Waals surface area (Å²) < 4.78 is 0.491. The maximum atomic E-state index is 3.81. The number of hydrogen-bond acceptors (Lipinski definition) is 3. The normalized spacial score (nSPS) is 34.2. The average molecular weight is 217 g/mol. The Bertz CT molecular complexity index is 176. The van der Waals surface area contributed by atoms with Gasteiger partial charge in [-0.05, 0) is 38.2 Å². The monoisotopic (exact) mass is 217 g/mol. The first-order chi connectivity index (χ1) is 6.18. The molecule has 0 aromatic carbocycles. The van der Waals surface area contributed by atoms with E-state index in [1.807, 2.05) is 0 Å². The van der Waals surface area contributed by atoms with Crippen LogP contribution in [0.5, 0.6) is 0 Å². The lowest BCUT2D eigenvalue weighted by Crippen LogP contribution is -2.58. The summed E-state index contributed by atoms with van der Waals surface area (Å²) in [6, 6.07) is 1.58. The highest BCUT2D eigenvalue weighted by molar-refractivity contribution is 8.02. The molecule has 76 valence electrons. The third-order valence-corrected chi connectivity index (χ3v) is 5.70. The van der Waals surface area contributed by atoms with E-state index in [-0.39, 0.29) is 0 Å². The Balaban J connectivity index is 1.77. The van der Waals surface area contributed by atoms with Gasteiger partial charge in [-0.2, -0.15) is 23.5 Å². The third-order valence-electron chi connectivity index (χ3n) is 3.12. The van der Waals surface area contributed by atoms with E-state index in [0.29, 0.717) is 4.75 Å². The van der Waals surface area contributed by atoms with Crippen molar-refractivity contribution in [2.24, 2.45) is 0 Å². The topological polar surface area (TPSA) is 12.0 Å². The fourth-order valence-corrected chi connectivity index (χ4v) is 4.17. The Morgan fingerprint density at radius 3 is 2.38 bits per heavy atom. The van der Waals surface area contributed by atoms with E-state index in [9.17, 15) is 0 Å². The highest BCUT2D eigenvalue weighted by Gasteiger charge is 2.40. The van der Waals surface area contributed by atoms with Gasteiger partial charge < -0.3 is 5.32 Å². The molecule has 2 heterocycles. The molecule has 1 nitrogen and oxygen atoms in total. The van der Waals surface area contributed by atoms with Crippen molar-refractivity contribution in [3.63, 3.8) is 0 Å². The zero-order valence-electron chi connectivity index (χ0n) is 8.51. The summed E-state index contributed by atoms with van der Waals surface area (Å²) in [6.07, 6.45) is 2.75. The molecule has 0 aromatic rings. The summed E-state index contributed by atoms with van der Waals surface area (Å²) in [5, 5.41) is 3.81. The van der Waals surface area contributed by atoms with E-state index in [1.165, 1.54) is 30.1 Å². The number of rotatable bonds is 2. The van der Waals surface area contributed by atoms with Gasteiger partial charge in [0.1, 0.15) is 0 Å². The van der Waals surface area contributed by atoms with Crippen LogP contribution in [0, 0.1) is 0 Å². The lowest BCUT2D eigenvalue weighted by atomic mass is 10.0. The Morgan fingerprint density at radius 2 is 1.92 bits per heavy atom. The van der Waals surface area contributed by atoms with Gasteiger partial charge in [0.25, 0.3) is 0 Å². The van der Waals surface area contributed by atoms with Gasteiger partial charge in [0, 0.05) is 22.6 Å². The largest absolute Gasteiger partial charge is 0.309 e. The zero-order valence-corrected chi connectivity index (χ0v) is 10.1. The molecule has 2 aliphatic rings. The molecule has 0 spiro atoms. The quantitative estimate of drug-likeness (QED) is 0.763. The molecule has 2 aliphatic heterocycles. The van der Waals surface area contributed by atoms with Crippen LogP contribution in [0.4, 0.5) is 0 Å². The van der Waals surface area contributed by atoms with Gasteiger partial charge >= 0.3 is 0 Å². The molecule has 2 saturated heterocycles. The van der Waals surface area contributed by atoms with E-state index < -0.39 is 0 Å². The Kier molecular flexibility index (Phi) is 3.16. The fourth-order valence-electron chi connectivity index (χ4n) is 1.90. The molecule has 3 heteroatoms. The predicted molar refractivity (Wildman–Crippen MR) is 63.8 cm³/mol. The number of nitrogens with one attached hydrogen (secondary N) is 1. The molecule has 2 rings (SSSR count). The van der Waals surface area contributed by atoms with Crippen LogP contribution in [-0.2, 0) is 0 Å². The molecule has 13 heavy (non-hydrogen) atoms. The van der Waals surface area contributed by atoms with Crippen LogP contribution in [0.1, 0.15) is 26.7 Å². The van der Waals surface area contributed by atoms with E-state index in [1.54, 1.807) is 0 Å². The maximum absolute atomic E-state index is 3.81. The first kappa shape index (κ1) is 10.2. The predicted octanol–water partition coefficient (Wildman–Crippen LogP) is 2.37. The lowest BCUT2D eigenvalue weighted by Gasteiger charge is -2.46. The van der Waals surface area contributed by atoms with Gasteiger partial charge in [-0.1, -0.05) is 0 Å². The molecule has 0 bridgehead atoms. The second-order valence-corrected chi connectivity index (χ2v) is 7.42. The molecule has 1 atom stereocenters. The Labute approximate surface area is 89.8 Å². The van der Waals surface area contributed by atoms with Crippen LogP contribution in [-0.4, -0.2) is 34.1 Å². The Hall–Kier alpha value is 0.660. The molecule has 1 unspecified atom stereocenters. The van der Waals surface area contributed by atoms with E-state index in [2.05, 4.69) is 42.7 Å². The summed E-state index contributed by atoms with van der Waals surface area (Å²) in [5.41, 5.74) is 0. The van der Waals surface area contributed by atoms with Crippen LogP contribution in [0.25, 0.3) is 0 Å². The minimum atomic E-state index is 0.491. The Morgan fingerprint density at radius 1 is 1.23 bits per heavy atom. The van der Waals surface area contributed by atoms with Crippen molar-refractivity contribution in [2.75, 3.05) is 17.3 Å². The fraction of sp³-hybridized carbons (Fsp3) is 1.00. The van der Waals surface area contributed by atoms with Crippen LogP contribution < -0.4 is 5.32 Å². The molecule has 0 aromatic heterocycles. The maximum Gasteiger partial charge on any atom is 0.0302 e. The smallest absolute Gasteiger partial charge is 0.0302 e. The van der Waals surface area contributed by atoms with Crippen molar-refractivity contribution in [1.82, 2.24) is 5.32 Å². The summed E-state index contributed by atoms with van der Waals surface area (Å²) in [4.78, 5) is 0. The van der Waals surface area contributed by atoms with Crippen molar-refractivity contribution >= 4 is 23.5 Å². The molecular weight excluding hydrogens is 198 g/mol. The van der Waals surface area contributed by atoms with Crippen molar-refractivity contribution < 1.29 is 0 Å². The number of hydrogen-bond donors (Lipinski definition) is 1. The van der Waals surface area contributed by atoms with E-state index in [4.69, 9.17) is 0 Å². The molecular formula is C10H19NS2. The minimum Gasteiger partial charge on any atom is -0.309 e. The van der Waals surface area contributed by atoms with Crippen LogP contribution in [0.2, 0.25) is 0 Å². The second-order valence-electron chi connectivity index (χ2n) is 4.52. The van der Waals surface area contributed by atoms with Gasteiger partial charge in [0.2, 0.25) is 0 Å². The molecule has 0 amide bonds. The van der Waals surface area contributed by atoms with Gasteiger partial charge in [-0.25, -0.2) is 0 Å². The van der Waals surface area contributed by atoms with Gasteiger partial charge in [0.15, 0.2) is 0 Å². The molecule has 0 radical (unpaired) electrons. The standard InChI is InChI=1S/C10H19NS2/c1-10(2)9(7-13-10)11-8-3-5-12-6-4-8/h8-9,11H,3-7H2,1-2H3. The summed E-state index contributed by atoms with van der Waals surface area (Å²) in [5.74, 6) is 4.03. The number of thioether (sulfide) groups is 2. The molecule has 1 N–H and O–H groups in total. The lowest BCUT2D eigenvalue weighted by molar-refractivity contribution is 0.364. The summed E-state index contributed by atoms with van der Waals surface area (Å²) in [6.45, 7) is 4.72. The van der Waals surface area contributed by atoms with E-state index >= 15 is 0 Å². The molecule has 0 aliphatic carbocycles. The highest BCUT2D eigenvalue weighted by Crippen LogP contribution is 2.40. The third kappa shape index (κ3) is 2.37. The van der Waals surface area contributed by atoms with Gasteiger partial charge in [-0.15, -0.1) is 0 Å². The van der Waals surface area contributed by atoms with E-state index in [0.717, 1.165) is 12.1 Å². The van der Waals surface area contributed by atoms with Crippen LogP contribution in [0.3, 0.4) is 0 Å². The van der Waals surface area contributed by atoms with Crippen molar-refractivity contribution in [1.29, 1.82) is 0 Å². The summed E-state index contributed by atoms with van der Waals surface area (Å²) >= 11 is 4.20. The van der Waals surface area contributed by atoms with Gasteiger partial charge in [0.05, 0.1) is 0 Å². The average Bonchev–Trinajstić information content (AvgIpc) is 2.15. The SMILES string of the molecule is CC1(C)SCC1NC1CCSCC1. The summed E-state index contributed by atoms with van der Waals surface area (Å²) in [7, 11) is 0.